The molecular weight excluding hydrogens is 400 g/mol. The number of ether oxygens (including phenoxy) is 1. The highest BCUT2D eigenvalue weighted by Crippen LogP contribution is 2.36. The third-order valence-corrected chi connectivity index (χ3v) is 6.88. The van der Waals surface area contributed by atoms with Gasteiger partial charge in [0.05, 0.1) is 18.3 Å². The van der Waals surface area contributed by atoms with Crippen molar-refractivity contribution in [3.05, 3.63) is 46.2 Å². The van der Waals surface area contributed by atoms with E-state index >= 15 is 0 Å². The van der Waals surface area contributed by atoms with Gasteiger partial charge in [0.2, 0.25) is 0 Å². The molecule has 0 saturated heterocycles. The SMILES string of the molecule is COC(/C=C/C1C(O)CC(O)C1C/C=C/CCCC(=O)CO)CCc1ccc(C)s1. The first-order valence-electron chi connectivity index (χ1n) is 10.8. The molecule has 0 radical (unpaired) electrons. The van der Waals surface area contributed by atoms with Crippen molar-refractivity contribution >= 4 is 17.1 Å². The number of carbonyl (C=O) groups is 1. The summed E-state index contributed by atoms with van der Waals surface area (Å²) in [7, 11) is 1.70. The van der Waals surface area contributed by atoms with Crippen molar-refractivity contribution in [2.24, 2.45) is 11.8 Å². The zero-order valence-electron chi connectivity index (χ0n) is 18.1. The summed E-state index contributed by atoms with van der Waals surface area (Å²) in [5, 5.41) is 29.5. The van der Waals surface area contributed by atoms with E-state index in [1.807, 2.05) is 35.6 Å². The Kier molecular flexibility index (Phi) is 11.0. The summed E-state index contributed by atoms with van der Waals surface area (Å²) in [4.78, 5) is 13.8. The van der Waals surface area contributed by atoms with Gasteiger partial charge in [0.25, 0.3) is 0 Å². The molecule has 5 atom stereocenters. The predicted molar refractivity (Wildman–Crippen MR) is 121 cm³/mol. The summed E-state index contributed by atoms with van der Waals surface area (Å²) >= 11 is 1.81. The van der Waals surface area contributed by atoms with Gasteiger partial charge in [-0.15, -0.1) is 11.3 Å². The van der Waals surface area contributed by atoms with Gasteiger partial charge in [0.1, 0.15) is 6.61 Å². The Morgan fingerprint density at radius 3 is 2.77 bits per heavy atom. The summed E-state index contributed by atoms with van der Waals surface area (Å²) in [6, 6.07) is 4.30. The Morgan fingerprint density at radius 2 is 2.10 bits per heavy atom. The average Bonchev–Trinajstić information content (AvgIpc) is 3.26. The van der Waals surface area contributed by atoms with E-state index in [0.29, 0.717) is 25.7 Å². The van der Waals surface area contributed by atoms with E-state index in [9.17, 15) is 15.0 Å². The first-order valence-corrected chi connectivity index (χ1v) is 11.7. The Morgan fingerprint density at radius 1 is 1.30 bits per heavy atom. The number of unbranched alkanes of at least 4 members (excludes halogenated alkanes) is 1. The molecule has 1 heterocycles. The van der Waals surface area contributed by atoms with Crippen molar-refractivity contribution in [2.45, 2.75) is 70.2 Å². The first kappa shape index (κ1) is 25.0. The van der Waals surface area contributed by atoms with Gasteiger partial charge >= 0.3 is 0 Å². The molecule has 168 valence electrons. The van der Waals surface area contributed by atoms with E-state index in [4.69, 9.17) is 9.84 Å². The monoisotopic (exact) mass is 436 g/mol. The Hall–Kier alpha value is -1.31. The molecule has 6 heteroatoms. The molecule has 0 bridgehead atoms. The lowest BCUT2D eigenvalue weighted by molar-refractivity contribution is -0.121. The number of rotatable bonds is 13. The van der Waals surface area contributed by atoms with Gasteiger partial charge in [-0.2, -0.15) is 0 Å². The van der Waals surface area contributed by atoms with Crippen molar-refractivity contribution < 1.29 is 24.9 Å². The molecule has 1 aromatic heterocycles. The summed E-state index contributed by atoms with van der Waals surface area (Å²) < 4.78 is 5.60. The van der Waals surface area contributed by atoms with Crippen molar-refractivity contribution in [1.29, 1.82) is 0 Å². The van der Waals surface area contributed by atoms with Crippen molar-refractivity contribution in [2.75, 3.05) is 13.7 Å². The number of carbonyl (C=O) groups excluding carboxylic acids is 1. The molecule has 5 nitrogen and oxygen atoms in total. The number of aryl methyl sites for hydroxylation is 2. The Balaban J connectivity index is 1.85. The zero-order valence-corrected chi connectivity index (χ0v) is 18.9. The molecule has 5 unspecified atom stereocenters. The van der Waals surface area contributed by atoms with E-state index in [1.54, 1.807) is 7.11 Å². The topological polar surface area (TPSA) is 87.0 Å². The van der Waals surface area contributed by atoms with Gasteiger partial charge < -0.3 is 20.1 Å². The third-order valence-electron chi connectivity index (χ3n) is 5.82. The quantitative estimate of drug-likeness (QED) is 0.325. The van der Waals surface area contributed by atoms with E-state index in [1.165, 1.54) is 9.75 Å². The molecule has 2 rings (SSSR count). The third kappa shape index (κ3) is 8.08. The van der Waals surface area contributed by atoms with E-state index in [-0.39, 0.29) is 30.3 Å². The molecule has 30 heavy (non-hydrogen) atoms. The molecular formula is C24H36O5S. The lowest BCUT2D eigenvalue weighted by Crippen LogP contribution is -2.20. The zero-order chi connectivity index (χ0) is 21.9. The van der Waals surface area contributed by atoms with Crippen molar-refractivity contribution in [3.63, 3.8) is 0 Å². The lowest BCUT2D eigenvalue weighted by Gasteiger charge is -2.20. The number of aliphatic hydroxyl groups is 3. The van der Waals surface area contributed by atoms with E-state index < -0.39 is 12.2 Å². The van der Waals surface area contributed by atoms with Crippen LogP contribution in [-0.4, -0.2) is 53.1 Å². The number of Topliss-reactive ketones (excluding diaryl/α,β-unsaturated/α-hetero) is 1. The number of thiophene rings is 1. The fraction of sp³-hybridized carbons (Fsp3) is 0.625. The summed E-state index contributed by atoms with van der Waals surface area (Å²) in [6.07, 6.45) is 11.8. The van der Waals surface area contributed by atoms with E-state index in [2.05, 4.69) is 19.1 Å². The first-order chi connectivity index (χ1) is 14.4. The van der Waals surface area contributed by atoms with Crippen LogP contribution >= 0.6 is 11.3 Å². The standard InChI is InChI=1S/C24H36O5S/c1-17-9-12-20(30-17)13-10-19(29-2)11-14-22-21(23(27)15-24(22)28)8-6-4-3-5-7-18(26)16-25/h4,6,9,11-12,14,19,21-25,27-28H,3,5,7-8,10,13,15-16H2,1-2H3/b6-4+,14-11+. The second-order valence-corrected chi connectivity index (χ2v) is 9.49. The highest BCUT2D eigenvalue weighted by molar-refractivity contribution is 7.11. The van der Waals surface area contributed by atoms with Crippen LogP contribution in [0.5, 0.6) is 0 Å². The Bertz CT molecular complexity index is 696. The molecule has 0 aliphatic heterocycles. The van der Waals surface area contributed by atoms with Gasteiger partial charge in [0.15, 0.2) is 5.78 Å². The van der Waals surface area contributed by atoms with E-state index in [0.717, 1.165) is 19.3 Å². The molecule has 1 aromatic rings. The summed E-state index contributed by atoms with van der Waals surface area (Å²) in [5.41, 5.74) is 0. The molecule has 1 aliphatic carbocycles. The number of allylic oxidation sites excluding steroid dienone is 2. The van der Waals surface area contributed by atoms with Gasteiger partial charge in [-0.05, 0) is 57.1 Å². The van der Waals surface area contributed by atoms with Crippen LogP contribution in [0.1, 0.15) is 48.3 Å². The number of hydrogen-bond acceptors (Lipinski definition) is 6. The molecule has 0 aromatic carbocycles. The fourth-order valence-electron chi connectivity index (χ4n) is 4.02. The van der Waals surface area contributed by atoms with Crippen LogP contribution in [0.25, 0.3) is 0 Å². The minimum Gasteiger partial charge on any atom is -0.393 e. The van der Waals surface area contributed by atoms with Crippen LogP contribution in [0.2, 0.25) is 0 Å². The molecule has 1 aliphatic rings. The molecule has 0 spiro atoms. The van der Waals surface area contributed by atoms with Crippen molar-refractivity contribution in [3.8, 4) is 0 Å². The lowest BCUT2D eigenvalue weighted by atomic mass is 9.89. The number of aliphatic hydroxyl groups excluding tert-OH is 3. The van der Waals surface area contributed by atoms with Crippen LogP contribution < -0.4 is 0 Å². The molecule has 1 saturated carbocycles. The smallest absolute Gasteiger partial charge is 0.158 e. The van der Waals surface area contributed by atoms with Crippen LogP contribution in [-0.2, 0) is 16.0 Å². The predicted octanol–water partition coefficient (Wildman–Crippen LogP) is 3.60. The van der Waals surface area contributed by atoms with Crippen LogP contribution in [0.15, 0.2) is 36.4 Å². The average molecular weight is 437 g/mol. The molecule has 1 fully saturated rings. The minimum atomic E-state index is -0.547. The van der Waals surface area contributed by atoms with Gasteiger partial charge in [0, 0.05) is 35.6 Å². The second-order valence-electron chi connectivity index (χ2n) is 8.12. The van der Waals surface area contributed by atoms with Gasteiger partial charge in [-0.1, -0.05) is 24.3 Å². The normalized spacial score (nSPS) is 25.5. The van der Waals surface area contributed by atoms with Crippen LogP contribution in [0.3, 0.4) is 0 Å². The van der Waals surface area contributed by atoms with Gasteiger partial charge in [-0.25, -0.2) is 0 Å². The van der Waals surface area contributed by atoms with Crippen LogP contribution in [0.4, 0.5) is 0 Å². The maximum atomic E-state index is 11.1. The van der Waals surface area contributed by atoms with Crippen LogP contribution in [0, 0.1) is 18.8 Å². The van der Waals surface area contributed by atoms with Crippen molar-refractivity contribution in [1.82, 2.24) is 0 Å². The number of ketones is 1. The minimum absolute atomic E-state index is 0.0161. The summed E-state index contributed by atoms with van der Waals surface area (Å²) in [6.45, 7) is 1.72. The number of hydrogen-bond donors (Lipinski definition) is 3. The summed E-state index contributed by atoms with van der Waals surface area (Å²) in [5.74, 6) is -0.254. The molecule has 0 amide bonds. The fourth-order valence-corrected chi connectivity index (χ4v) is 4.93. The number of methoxy groups -OCH3 is 1. The second kappa shape index (κ2) is 13.2. The maximum absolute atomic E-state index is 11.1. The largest absolute Gasteiger partial charge is 0.393 e. The molecule has 3 N–H and O–H groups in total. The van der Waals surface area contributed by atoms with Gasteiger partial charge in [-0.3, -0.25) is 4.79 Å². The maximum Gasteiger partial charge on any atom is 0.158 e. The Labute approximate surface area is 184 Å². The highest BCUT2D eigenvalue weighted by atomic mass is 32.1. The highest BCUT2D eigenvalue weighted by Gasteiger charge is 2.39.